The van der Waals surface area contributed by atoms with Crippen molar-refractivity contribution in [3.05, 3.63) is 34.7 Å². The number of halogens is 2. The van der Waals surface area contributed by atoms with E-state index in [-0.39, 0.29) is 16.8 Å². The van der Waals surface area contributed by atoms with Crippen LogP contribution in [0.5, 0.6) is 5.75 Å². The van der Waals surface area contributed by atoms with E-state index < -0.39 is 11.8 Å². The Balaban J connectivity index is 2.13. The lowest BCUT2D eigenvalue weighted by molar-refractivity contribution is 0.0689. The number of benzene rings is 1. The maximum atomic E-state index is 13.7. The van der Waals surface area contributed by atoms with Gasteiger partial charge in [-0.15, -0.1) is 0 Å². The number of carboxylic acids is 1. The molecule has 1 aromatic heterocycles. The third-order valence-corrected chi connectivity index (χ3v) is 3.47. The van der Waals surface area contributed by atoms with Gasteiger partial charge in [-0.1, -0.05) is 11.6 Å². The second-order valence-corrected chi connectivity index (χ2v) is 5.33. The highest BCUT2D eigenvalue weighted by Gasteiger charge is 2.27. The third-order valence-electron chi connectivity index (χ3n) is 3.19. The molecule has 1 aromatic carbocycles. The molecule has 1 aliphatic carbocycles. The van der Waals surface area contributed by atoms with Crippen LogP contribution in [0.4, 0.5) is 4.39 Å². The summed E-state index contributed by atoms with van der Waals surface area (Å²) in [6.07, 6.45) is 1.94. The standard InChI is InChI=1S/C14H12ClFN2O3/c1-18-12(6-11(17-18)14(19)20)9-4-7(16)5-10(15)13(9)21-8-2-3-8/h4-6,8H,2-3H2,1H3,(H,19,20). The molecule has 7 heteroatoms. The Morgan fingerprint density at radius 3 is 2.76 bits per heavy atom. The Morgan fingerprint density at radius 2 is 2.19 bits per heavy atom. The molecule has 0 radical (unpaired) electrons. The van der Waals surface area contributed by atoms with Gasteiger partial charge in [-0.2, -0.15) is 5.10 Å². The Bertz CT molecular complexity index is 725. The lowest BCUT2D eigenvalue weighted by atomic mass is 10.1. The van der Waals surface area contributed by atoms with Crippen LogP contribution in [0, 0.1) is 5.82 Å². The zero-order valence-corrected chi connectivity index (χ0v) is 11.9. The first kappa shape index (κ1) is 13.9. The van der Waals surface area contributed by atoms with Crippen LogP contribution in [-0.4, -0.2) is 27.0 Å². The summed E-state index contributed by atoms with van der Waals surface area (Å²) in [5, 5.41) is 13.0. The van der Waals surface area contributed by atoms with Gasteiger partial charge in [-0.25, -0.2) is 9.18 Å². The molecule has 1 fully saturated rings. The van der Waals surface area contributed by atoms with E-state index in [1.807, 2.05) is 0 Å². The Morgan fingerprint density at radius 1 is 1.48 bits per heavy atom. The fraction of sp³-hybridized carbons (Fsp3) is 0.286. The average molecular weight is 311 g/mol. The van der Waals surface area contributed by atoms with Gasteiger partial charge in [0, 0.05) is 12.6 Å². The molecule has 0 bridgehead atoms. The second-order valence-electron chi connectivity index (χ2n) is 4.93. The van der Waals surface area contributed by atoms with Crippen molar-refractivity contribution in [2.75, 3.05) is 0 Å². The molecule has 1 aliphatic rings. The SMILES string of the molecule is Cn1nc(C(=O)O)cc1-c1cc(F)cc(Cl)c1OC1CC1. The summed E-state index contributed by atoms with van der Waals surface area (Å²) in [5.41, 5.74) is 0.712. The van der Waals surface area contributed by atoms with E-state index in [2.05, 4.69) is 5.10 Å². The van der Waals surface area contributed by atoms with E-state index in [1.54, 1.807) is 7.05 Å². The van der Waals surface area contributed by atoms with Crippen molar-refractivity contribution in [3.63, 3.8) is 0 Å². The predicted octanol–water partition coefficient (Wildman–Crippen LogP) is 3.12. The van der Waals surface area contributed by atoms with Gasteiger partial charge in [0.1, 0.15) is 11.6 Å². The fourth-order valence-corrected chi connectivity index (χ4v) is 2.30. The fourth-order valence-electron chi connectivity index (χ4n) is 2.05. The molecule has 1 N–H and O–H groups in total. The minimum Gasteiger partial charge on any atom is -0.488 e. The van der Waals surface area contributed by atoms with Crippen LogP contribution >= 0.6 is 11.6 Å². The highest BCUT2D eigenvalue weighted by molar-refractivity contribution is 6.32. The van der Waals surface area contributed by atoms with Crippen LogP contribution in [-0.2, 0) is 7.05 Å². The molecule has 5 nitrogen and oxygen atoms in total. The monoisotopic (exact) mass is 310 g/mol. The molecule has 2 aromatic rings. The number of carboxylic acid groups (broad SMARTS) is 1. The number of nitrogens with zero attached hydrogens (tertiary/aromatic N) is 2. The molecular weight excluding hydrogens is 299 g/mol. The summed E-state index contributed by atoms with van der Waals surface area (Å²) in [5.74, 6) is -1.30. The predicted molar refractivity (Wildman–Crippen MR) is 74.2 cm³/mol. The normalized spacial score (nSPS) is 14.2. The Labute approximate surface area is 124 Å². The Kier molecular flexibility index (Phi) is 3.33. The van der Waals surface area contributed by atoms with Gasteiger partial charge in [-0.3, -0.25) is 4.68 Å². The van der Waals surface area contributed by atoms with Gasteiger partial charge in [0.05, 0.1) is 16.8 Å². The van der Waals surface area contributed by atoms with E-state index in [0.29, 0.717) is 17.0 Å². The van der Waals surface area contributed by atoms with Crippen molar-refractivity contribution < 1.29 is 19.0 Å². The summed E-state index contributed by atoms with van der Waals surface area (Å²) >= 11 is 6.07. The number of hydrogen-bond acceptors (Lipinski definition) is 3. The third kappa shape index (κ3) is 2.71. The van der Waals surface area contributed by atoms with Gasteiger partial charge in [-0.05, 0) is 31.0 Å². The van der Waals surface area contributed by atoms with Crippen molar-refractivity contribution in [1.82, 2.24) is 9.78 Å². The largest absolute Gasteiger partial charge is 0.488 e. The van der Waals surface area contributed by atoms with E-state index in [9.17, 15) is 9.18 Å². The molecule has 0 aliphatic heterocycles. The van der Waals surface area contributed by atoms with Crippen LogP contribution < -0.4 is 4.74 Å². The van der Waals surface area contributed by atoms with Crippen LogP contribution in [0.2, 0.25) is 5.02 Å². The molecule has 0 atom stereocenters. The van der Waals surface area contributed by atoms with Crippen LogP contribution in [0.3, 0.4) is 0 Å². The van der Waals surface area contributed by atoms with Crippen molar-refractivity contribution in [2.45, 2.75) is 18.9 Å². The molecule has 1 heterocycles. The molecule has 110 valence electrons. The van der Waals surface area contributed by atoms with Crippen LogP contribution in [0.25, 0.3) is 11.3 Å². The summed E-state index contributed by atoms with van der Waals surface area (Å²) in [6, 6.07) is 3.82. The number of aromatic nitrogens is 2. The van der Waals surface area contributed by atoms with E-state index >= 15 is 0 Å². The topological polar surface area (TPSA) is 64.4 Å². The number of rotatable bonds is 4. The lowest BCUT2D eigenvalue weighted by Crippen LogP contribution is -2.02. The van der Waals surface area contributed by atoms with Gasteiger partial charge >= 0.3 is 5.97 Å². The number of ether oxygens (including phenoxy) is 1. The van der Waals surface area contributed by atoms with Gasteiger partial charge < -0.3 is 9.84 Å². The smallest absolute Gasteiger partial charge is 0.356 e. The van der Waals surface area contributed by atoms with Crippen molar-refractivity contribution in [3.8, 4) is 17.0 Å². The first-order valence-electron chi connectivity index (χ1n) is 6.39. The van der Waals surface area contributed by atoms with E-state index in [1.165, 1.54) is 22.9 Å². The quantitative estimate of drug-likeness (QED) is 0.942. The first-order chi connectivity index (χ1) is 9.95. The maximum absolute atomic E-state index is 13.7. The molecule has 1 saturated carbocycles. The molecule has 0 saturated heterocycles. The molecular formula is C14H12ClFN2O3. The summed E-state index contributed by atoms with van der Waals surface area (Å²) < 4.78 is 20.8. The summed E-state index contributed by atoms with van der Waals surface area (Å²) in [4.78, 5) is 11.0. The lowest BCUT2D eigenvalue weighted by Gasteiger charge is -2.13. The number of carbonyl (C=O) groups is 1. The highest BCUT2D eigenvalue weighted by atomic mass is 35.5. The molecule has 0 spiro atoms. The minimum absolute atomic E-state index is 0.0823. The van der Waals surface area contributed by atoms with E-state index in [4.69, 9.17) is 21.4 Å². The second kappa shape index (κ2) is 5.04. The summed E-state index contributed by atoms with van der Waals surface area (Å²) in [6.45, 7) is 0. The number of aryl methyl sites for hydroxylation is 1. The average Bonchev–Trinajstić information content (AvgIpc) is 3.13. The first-order valence-corrected chi connectivity index (χ1v) is 6.77. The van der Waals surface area contributed by atoms with Crippen molar-refractivity contribution in [2.24, 2.45) is 7.05 Å². The molecule has 3 rings (SSSR count). The zero-order chi connectivity index (χ0) is 15.1. The van der Waals surface area contributed by atoms with Crippen LogP contribution in [0.1, 0.15) is 23.3 Å². The van der Waals surface area contributed by atoms with Gasteiger partial charge in [0.15, 0.2) is 5.69 Å². The number of aromatic carboxylic acids is 1. The summed E-state index contributed by atoms with van der Waals surface area (Å²) in [7, 11) is 1.58. The van der Waals surface area contributed by atoms with Gasteiger partial charge in [0.25, 0.3) is 0 Å². The zero-order valence-electron chi connectivity index (χ0n) is 11.1. The highest BCUT2D eigenvalue weighted by Crippen LogP contribution is 2.40. The van der Waals surface area contributed by atoms with E-state index in [0.717, 1.165) is 12.8 Å². The maximum Gasteiger partial charge on any atom is 0.356 e. The molecule has 0 unspecified atom stereocenters. The number of hydrogen-bond donors (Lipinski definition) is 1. The minimum atomic E-state index is -1.15. The van der Waals surface area contributed by atoms with Crippen LogP contribution in [0.15, 0.2) is 18.2 Å². The van der Waals surface area contributed by atoms with Crippen molar-refractivity contribution in [1.29, 1.82) is 0 Å². The molecule has 21 heavy (non-hydrogen) atoms. The van der Waals surface area contributed by atoms with Crippen molar-refractivity contribution >= 4 is 17.6 Å². The van der Waals surface area contributed by atoms with Gasteiger partial charge in [0.2, 0.25) is 0 Å². The Hall–Kier alpha value is -2.08. The molecule has 0 amide bonds.